The Morgan fingerprint density at radius 2 is 1.81 bits per heavy atom. The van der Waals surface area contributed by atoms with Gasteiger partial charge < -0.3 is 4.74 Å². The van der Waals surface area contributed by atoms with Gasteiger partial charge in [0.05, 0.1) is 22.8 Å². The zero-order chi connectivity index (χ0) is 22.0. The quantitative estimate of drug-likeness (QED) is 0.630. The van der Waals surface area contributed by atoms with Crippen LogP contribution in [0, 0.1) is 0 Å². The summed E-state index contributed by atoms with van der Waals surface area (Å²) in [5.74, 6) is -0.362. The number of nitrogens with one attached hydrogen (secondary N) is 1. The molecule has 1 aromatic carbocycles. The standard InChI is InChI=1S/C21H22N4O4S2/c1-14-11-25(12-15(2)29-14)31(27,28)17-8-6-16(7-9-17)20(26)24-21-23-19(13-30-21)18-5-3-4-10-22-18/h3-10,13-15H,11-12H2,1-2H3,(H,23,24,26)/t14-,15-/m0/s1. The Bertz CT molecular complexity index is 1150. The van der Waals surface area contributed by atoms with Gasteiger partial charge in [-0.1, -0.05) is 6.07 Å². The SMILES string of the molecule is C[C@H]1CN(S(=O)(=O)c2ccc(C(=O)Nc3nc(-c4ccccn4)cs3)cc2)C[C@H](C)O1. The Morgan fingerprint density at radius 3 is 2.45 bits per heavy atom. The first-order valence-electron chi connectivity index (χ1n) is 9.77. The molecule has 1 fully saturated rings. The van der Waals surface area contributed by atoms with Gasteiger partial charge in [0, 0.05) is 30.2 Å². The minimum atomic E-state index is -3.65. The number of hydrogen-bond donors (Lipinski definition) is 1. The third-order valence-electron chi connectivity index (χ3n) is 4.79. The number of rotatable bonds is 5. The molecule has 162 valence electrons. The topological polar surface area (TPSA) is 101 Å². The minimum absolute atomic E-state index is 0.150. The minimum Gasteiger partial charge on any atom is -0.373 e. The van der Waals surface area contributed by atoms with Crippen LogP contribution in [0.3, 0.4) is 0 Å². The molecule has 4 rings (SSSR count). The predicted octanol–water partition coefficient (Wildman–Crippen LogP) is 3.26. The summed E-state index contributed by atoms with van der Waals surface area (Å²) in [4.78, 5) is 21.4. The third-order valence-corrected chi connectivity index (χ3v) is 7.40. The lowest BCUT2D eigenvalue weighted by Gasteiger charge is -2.34. The van der Waals surface area contributed by atoms with Gasteiger partial charge in [-0.15, -0.1) is 11.3 Å². The van der Waals surface area contributed by atoms with Crippen LogP contribution in [0.1, 0.15) is 24.2 Å². The first-order valence-corrected chi connectivity index (χ1v) is 12.1. The Morgan fingerprint density at radius 1 is 1.10 bits per heavy atom. The van der Waals surface area contributed by atoms with Crippen molar-refractivity contribution in [2.45, 2.75) is 31.0 Å². The average molecular weight is 459 g/mol. The maximum absolute atomic E-state index is 12.9. The van der Waals surface area contributed by atoms with E-state index >= 15 is 0 Å². The van der Waals surface area contributed by atoms with Gasteiger partial charge in [-0.2, -0.15) is 4.31 Å². The summed E-state index contributed by atoms with van der Waals surface area (Å²) in [6.45, 7) is 4.31. The van der Waals surface area contributed by atoms with Gasteiger partial charge in [0.25, 0.3) is 5.91 Å². The largest absolute Gasteiger partial charge is 0.373 e. The third kappa shape index (κ3) is 4.82. The summed E-state index contributed by atoms with van der Waals surface area (Å²) in [5.41, 5.74) is 1.74. The second-order valence-electron chi connectivity index (χ2n) is 7.31. The number of hydrogen-bond acceptors (Lipinski definition) is 7. The van der Waals surface area contributed by atoms with Gasteiger partial charge in [0.15, 0.2) is 5.13 Å². The van der Waals surface area contributed by atoms with E-state index in [9.17, 15) is 13.2 Å². The van der Waals surface area contributed by atoms with Crippen molar-refractivity contribution in [3.05, 3.63) is 59.6 Å². The number of benzene rings is 1. The fourth-order valence-corrected chi connectivity index (χ4v) is 5.68. The molecule has 3 heterocycles. The van der Waals surface area contributed by atoms with Crippen molar-refractivity contribution in [2.75, 3.05) is 18.4 Å². The number of pyridine rings is 1. The van der Waals surface area contributed by atoms with Crippen LogP contribution in [0.4, 0.5) is 5.13 Å². The van der Waals surface area contributed by atoms with Gasteiger partial charge in [0.1, 0.15) is 5.69 Å². The average Bonchev–Trinajstić information content (AvgIpc) is 3.22. The number of carbonyl (C=O) groups excluding carboxylic acids is 1. The van der Waals surface area contributed by atoms with Crippen molar-refractivity contribution in [1.29, 1.82) is 0 Å². The predicted molar refractivity (Wildman–Crippen MR) is 119 cm³/mol. The van der Waals surface area contributed by atoms with E-state index in [2.05, 4.69) is 15.3 Å². The lowest BCUT2D eigenvalue weighted by atomic mass is 10.2. The number of sulfonamides is 1. The number of nitrogens with zero attached hydrogens (tertiary/aromatic N) is 3. The summed E-state index contributed by atoms with van der Waals surface area (Å²) in [5, 5.41) is 5.01. The number of thiazole rings is 1. The second-order valence-corrected chi connectivity index (χ2v) is 10.1. The van der Waals surface area contributed by atoms with Gasteiger partial charge in [-0.05, 0) is 50.2 Å². The summed E-state index contributed by atoms with van der Waals surface area (Å²) in [7, 11) is -3.65. The molecule has 8 nitrogen and oxygen atoms in total. The van der Waals surface area contributed by atoms with E-state index in [1.165, 1.54) is 39.9 Å². The van der Waals surface area contributed by atoms with Crippen molar-refractivity contribution in [1.82, 2.24) is 14.3 Å². The number of anilines is 1. The molecule has 31 heavy (non-hydrogen) atoms. The molecular weight excluding hydrogens is 436 g/mol. The molecule has 2 aromatic heterocycles. The van der Waals surface area contributed by atoms with Crippen LogP contribution >= 0.6 is 11.3 Å². The van der Waals surface area contributed by atoms with Gasteiger partial charge >= 0.3 is 0 Å². The lowest BCUT2D eigenvalue weighted by molar-refractivity contribution is -0.0440. The van der Waals surface area contributed by atoms with Crippen LogP contribution in [0.25, 0.3) is 11.4 Å². The van der Waals surface area contributed by atoms with Gasteiger partial charge in [-0.25, -0.2) is 13.4 Å². The molecule has 3 aromatic rings. The summed E-state index contributed by atoms with van der Waals surface area (Å²) in [6, 6.07) is 11.4. The molecule has 0 radical (unpaired) electrons. The molecule has 2 atom stereocenters. The number of amides is 1. The van der Waals surface area contributed by atoms with Crippen LogP contribution < -0.4 is 5.32 Å². The van der Waals surface area contributed by atoms with Gasteiger partial charge in [0.2, 0.25) is 10.0 Å². The molecule has 1 amide bonds. The molecule has 0 unspecified atom stereocenters. The van der Waals surface area contributed by atoms with E-state index in [1.54, 1.807) is 6.20 Å². The molecule has 1 N–H and O–H groups in total. The van der Waals surface area contributed by atoms with Crippen molar-refractivity contribution >= 4 is 32.4 Å². The first kappa shape index (κ1) is 21.6. The molecule has 1 aliphatic heterocycles. The highest BCUT2D eigenvalue weighted by atomic mass is 32.2. The van der Waals surface area contributed by atoms with Crippen molar-refractivity contribution < 1.29 is 17.9 Å². The normalized spacial score (nSPS) is 19.8. The second kappa shape index (κ2) is 8.83. The molecule has 0 bridgehead atoms. The van der Waals surface area contributed by atoms with E-state index in [0.717, 1.165) is 5.69 Å². The Kier molecular flexibility index (Phi) is 6.15. The molecule has 0 spiro atoms. The van der Waals surface area contributed by atoms with Crippen LogP contribution in [0.15, 0.2) is 58.9 Å². The van der Waals surface area contributed by atoms with Crippen molar-refractivity contribution in [2.24, 2.45) is 0 Å². The van der Waals surface area contributed by atoms with E-state index in [1.807, 2.05) is 37.4 Å². The molecular formula is C21H22N4O4S2. The molecule has 1 saturated heterocycles. The van der Waals surface area contributed by atoms with E-state index in [-0.39, 0.29) is 23.0 Å². The number of morpholine rings is 1. The Labute approximate surface area is 185 Å². The Hall–Kier alpha value is -2.66. The highest BCUT2D eigenvalue weighted by molar-refractivity contribution is 7.89. The van der Waals surface area contributed by atoms with Crippen LogP contribution in [-0.2, 0) is 14.8 Å². The summed E-state index contributed by atoms with van der Waals surface area (Å²) >= 11 is 1.30. The number of ether oxygens (including phenoxy) is 1. The maximum Gasteiger partial charge on any atom is 0.257 e. The molecule has 0 saturated carbocycles. The van der Waals surface area contributed by atoms with Crippen molar-refractivity contribution in [3.8, 4) is 11.4 Å². The molecule has 1 aliphatic rings. The van der Waals surface area contributed by atoms with E-state index in [4.69, 9.17) is 4.74 Å². The number of carbonyl (C=O) groups is 1. The zero-order valence-electron chi connectivity index (χ0n) is 17.1. The first-order chi connectivity index (χ1) is 14.8. The lowest BCUT2D eigenvalue weighted by Crippen LogP contribution is -2.48. The summed E-state index contributed by atoms with van der Waals surface area (Å²) in [6.07, 6.45) is 1.34. The Balaban J connectivity index is 1.45. The van der Waals surface area contributed by atoms with E-state index in [0.29, 0.717) is 29.5 Å². The van der Waals surface area contributed by atoms with Gasteiger partial charge in [-0.3, -0.25) is 15.1 Å². The maximum atomic E-state index is 12.9. The van der Waals surface area contributed by atoms with Crippen LogP contribution in [0.5, 0.6) is 0 Å². The smallest absolute Gasteiger partial charge is 0.257 e. The van der Waals surface area contributed by atoms with Crippen LogP contribution in [0.2, 0.25) is 0 Å². The van der Waals surface area contributed by atoms with Crippen LogP contribution in [-0.4, -0.2) is 53.9 Å². The van der Waals surface area contributed by atoms with Crippen molar-refractivity contribution in [3.63, 3.8) is 0 Å². The highest BCUT2D eigenvalue weighted by Crippen LogP contribution is 2.24. The highest BCUT2D eigenvalue weighted by Gasteiger charge is 2.32. The molecule has 0 aliphatic carbocycles. The zero-order valence-corrected chi connectivity index (χ0v) is 18.7. The fourth-order valence-electron chi connectivity index (χ4n) is 3.39. The fraction of sp³-hybridized carbons (Fsp3) is 0.286. The van der Waals surface area contributed by atoms with E-state index < -0.39 is 10.0 Å². The number of aromatic nitrogens is 2. The summed E-state index contributed by atoms with van der Waals surface area (Å²) < 4.78 is 32.9. The monoisotopic (exact) mass is 458 g/mol. The molecule has 10 heteroatoms.